The lowest BCUT2D eigenvalue weighted by Crippen LogP contribution is -2.28. The Morgan fingerprint density at radius 2 is 2.03 bits per heavy atom. The molecule has 0 spiro atoms. The summed E-state index contributed by atoms with van der Waals surface area (Å²) >= 11 is 0. The number of benzene rings is 2. The van der Waals surface area contributed by atoms with Gasteiger partial charge in [0.2, 0.25) is 5.91 Å². The fraction of sp³-hybridized carbons (Fsp3) is 0.385. The number of ether oxygens (including phenoxy) is 2. The zero-order valence-electron chi connectivity index (χ0n) is 18.5. The summed E-state index contributed by atoms with van der Waals surface area (Å²) in [7, 11) is 0. The minimum atomic E-state index is -0.455. The third-order valence-electron chi connectivity index (χ3n) is 6.65. The second-order valence-electron chi connectivity index (χ2n) is 8.81. The van der Waals surface area contributed by atoms with Crippen LogP contribution in [-0.2, 0) is 26.2 Å². The largest absolute Gasteiger partial charge is 0.493 e. The lowest BCUT2D eigenvalue weighted by molar-refractivity contribution is -0.144. The number of aryl methyl sites for hydroxylation is 1. The molecule has 0 radical (unpaired) electrons. The first kappa shape index (κ1) is 20.6. The highest BCUT2D eigenvalue weighted by molar-refractivity contribution is 6.02. The molecule has 6 nitrogen and oxygen atoms in total. The topological polar surface area (TPSA) is 80.4 Å². The van der Waals surface area contributed by atoms with E-state index in [-0.39, 0.29) is 17.8 Å². The van der Waals surface area contributed by atoms with Crippen molar-refractivity contribution < 1.29 is 19.1 Å². The molecular weight excluding hydrogens is 404 g/mol. The van der Waals surface area contributed by atoms with Crippen molar-refractivity contribution >= 4 is 28.5 Å². The Labute approximate surface area is 187 Å². The number of amides is 1. The molecule has 2 heterocycles. The second kappa shape index (κ2) is 8.01. The van der Waals surface area contributed by atoms with Crippen LogP contribution in [0.4, 0.5) is 5.69 Å². The normalized spacial score (nSPS) is 17.2. The molecular formula is C26H28N2O4. The van der Waals surface area contributed by atoms with Gasteiger partial charge in [-0.2, -0.15) is 0 Å². The summed E-state index contributed by atoms with van der Waals surface area (Å²) in [5.41, 5.74) is 4.30. The number of carbonyl (C=O) groups is 2. The third-order valence-corrected chi connectivity index (χ3v) is 6.65. The van der Waals surface area contributed by atoms with E-state index >= 15 is 0 Å². The summed E-state index contributed by atoms with van der Waals surface area (Å²) in [6.45, 7) is 4.75. The molecule has 1 aliphatic heterocycles. The van der Waals surface area contributed by atoms with Crippen molar-refractivity contribution in [3.8, 4) is 5.75 Å². The number of rotatable bonds is 6. The van der Waals surface area contributed by atoms with Gasteiger partial charge >= 0.3 is 5.97 Å². The van der Waals surface area contributed by atoms with Crippen LogP contribution >= 0.6 is 0 Å². The number of fused-ring (bicyclic) bond motifs is 2. The lowest BCUT2D eigenvalue weighted by atomic mass is 9.91. The Morgan fingerprint density at radius 1 is 1.19 bits per heavy atom. The van der Waals surface area contributed by atoms with E-state index < -0.39 is 5.41 Å². The van der Waals surface area contributed by atoms with Crippen LogP contribution in [0.25, 0.3) is 10.9 Å². The Balaban J connectivity index is 1.35. The van der Waals surface area contributed by atoms with Gasteiger partial charge in [-0.25, -0.2) is 0 Å². The molecule has 166 valence electrons. The van der Waals surface area contributed by atoms with E-state index in [4.69, 9.17) is 9.47 Å². The van der Waals surface area contributed by atoms with Crippen molar-refractivity contribution in [1.82, 2.24) is 4.98 Å². The van der Waals surface area contributed by atoms with Crippen LogP contribution in [0.1, 0.15) is 55.8 Å². The summed E-state index contributed by atoms with van der Waals surface area (Å²) in [4.78, 5) is 28.6. The fourth-order valence-electron chi connectivity index (χ4n) is 4.54. The van der Waals surface area contributed by atoms with Crippen molar-refractivity contribution in [2.45, 2.75) is 50.9 Å². The third kappa shape index (κ3) is 3.64. The van der Waals surface area contributed by atoms with Gasteiger partial charge < -0.3 is 19.8 Å². The molecule has 5 rings (SSSR count). The molecule has 1 saturated carbocycles. The number of esters is 1. The van der Waals surface area contributed by atoms with Gasteiger partial charge in [-0.05, 0) is 81.0 Å². The summed E-state index contributed by atoms with van der Waals surface area (Å²) in [6.07, 6.45) is 3.72. The Bertz CT molecular complexity index is 1190. The van der Waals surface area contributed by atoms with Gasteiger partial charge in [0, 0.05) is 22.3 Å². The van der Waals surface area contributed by atoms with E-state index in [1.165, 1.54) is 5.56 Å². The molecule has 0 saturated heterocycles. The molecule has 1 aromatic heterocycles. The van der Waals surface area contributed by atoms with E-state index in [2.05, 4.69) is 16.4 Å². The number of anilines is 1. The maximum Gasteiger partial charge on any atom is 0.314 e. The van der Waals surface area contributed by atoms with Crippen LogP contribution in [0.2, 0.25) is 0 Å². The van der Waals surface area contributed by atoms with Crippen molar-refractivity contribution in [3.63, 3.8) is 0 Å². The summed E-state index contributed by atoms with van der Waals surface area (Å²) < 4.78 is 10.9. The van der Waals surface area contributed by atoms with Crippen LogP contribution in [0.5, 0.6) is 5.75 Å². The number of H-pyrrole nitrogens is 1. The van der Waals surface area contributed by atoms with Crippen molar-refractivity contribution in [3.05, 3.63) is 59.3 Å². The molecule has 1 unspecified atom stereocenters. The van der Waals surface area contributed by atoms with Crippen LogP contribution in [0.15, 0.2) is 42.5 Å². The van der Waals surface area contributed by atoms with Gasteiger partial charge in [-0.3, -0.25) is 9.59 Å². The highest BCUT2D eigenvalue weighted by atomic mass is 16.5. The molecule has 2 aromatic carbocycles. The molecule has 1 aliphatic carbocycles. The zero-order chi connectivity index (χ0) is 22.3. The van der Waals surface area contributed by atoms with E-state index in [0.717, 1.165) is 65.9 Å². The highest BCUT2D eigenvalue weighted by Crippen LogP contribution is 2.50. The van der Waals surface area contributed by atoms with Crippen molar-refractivity contribution in [2.24, 2.45) is 0 Å². The van der Waals surface area contributed by atoms with Gasteiger partial charge in [0.25, 0.3) is 0 Å². The Morgan fingerprint density at radius 3 is 2.81 bits per heavy atom. The van der Waals surface area contributed by atoms with E-state index in [1.807, 2.05) is 43.3 Å². The molecule has 6 heteroatoms. The van der Waals surface area contributed by atoms with E-state index in [9.17, 15) is 9.59 Å². The number of aromatic nitrogens is 1. The number of hydrogen-bond donors (Lipinski definition) is 2. The number of carbonyl (C=O) groups excluding carboxylic acids is 2. The maximum atomic E-state index is 13.3. The van der Waals surface area contributed by atoms with Crippen molar-refractivity contribution in [1.29, 1.82) is 0 Å². The monoisotopic (exact) mass is 432 g/mol. The lowest BCUT2D eigenvalue weighted by Gasteiger charge is -2.21. The molecule has 0 bridgehead atoms. The second-order valence-corrected chi connectivity index (χ2v) is 8.81. The Hall–Kier alpha value is -3.28. The van der Waals surface area contributed by atoms with Crippen LogP contribution in [0.3, 0.4) is 0 Å². The molecule has 1 fully saturated rings. The highest BCUT2D eigenvalue weighted by Gasteiger charge is 2.51. The van der Waals surface area contributed by atoms with Gasteiger partial charge in [-0.15, -0.1) is 0 Å². The Kier molecular flexibility index (Phi) is 5.16. The van der Waals surface area contributed by atoms with Gasteiger partial charge in [0.15, 0.2) is 0 Å². The predicted octanol–water partition coefficient (Wildman–Crippen LogP) is 4.83. The fourth-order valence-corrected chi connectivity index (χ4v) is 4.54. The maximum absolute atomic E-state index is 13.3. The SMILES string of the molecule is CCOC(=O)C(C)c1cc2cc(NC(=O)C3(c4ccc5c(c4)CCCO5)CC3)ccc2[nH]1. The zero-order valence-corrected chi connectivity index (χ0v) is 18.5. The summed E-state index contributed by atoms with van der Waals surface area (Å²) in [5.74, 6) is 0.355. The van der Waals surface area contributed by atoms with Crippen LogP contribution in [0, 0.1) is 0 Å². The molecule has 2 N–H and O–H groups in total. The number of aromatic amines is 1. The molecule has 1 atom stereocenters. The molecule has 2 aliphatic rings. The molecule has 32 heavy (non-hydrogen) atoms. The quantitative estimate of drug-likeness (QED) is 0.547. The average Bonchev–Trinajstić information content (AvgIpc) is 3.52. The van der Waals surface area contributed by atoms with Gasteiger partial charge in [0.05, 0.1) is 24.5 Å². The van der Waals surface area contributed by atoms with E-state index in [1.54, 1.807) is 6.92 Å². The molecule has 3 aromatic rings. The average molecular weight is 433 g/mol. The van der Waals surface area contributed by atoms with Crippen molar-refractivity contribution in [2.75, 3.05) is 18.5 Å². The minimum Gasteiger partial charge on any atom is -0.493 e. The van der Waals surface area contributed by atoms with Gasteiger partial charge in [-0.1, -0.05) is 12.1 Å². The smallest absolute Gasteiger partial charge is 0.314 e. The first-order valence-corrected chi connectivity index (χ1v) is 11.4. The van der Waals surface area contributed by atoms with Gasteiger partial charge in [0.1, 0.15) is 5.75 Å². The molecule has 1 amide bonds. The minimum absolute atomic E-state index is 0.0316. The van der Waals surface area contributed by atoms with Crippen LogP contribution in [-0.4, -0.2) is 30.1 Å². The van der Waals surface area contributed by atoms with Crippen LogP contribution < -0.4 is 10.1 Å². The first-order valence-electron chi connectivity index (χ1n) is 11.4. The first-order chi connectivity index (χ1) is 15.5. The number of hydrogen-bond acceptors (Lipinski definition) is 4. The number of nitrogens with one attached hydrogen (secondary N) is 2. The predicted molar refractivity (Wildman–Crippen MR) is 123 cm³/mol. The standard InChI is InChI=1S/C26H28N2O4/c1-3-31-24(29)16(2)22-15-18-14-20(7-8-21(18)28-22)27-25(30)26(10-11-26)19-6-9-23-17(13-19)5-4-12-32-23/h6-9,13-16,28H,3-5,10-12H2,1-2H3,(H,27,30). The summed E-state index contributed by atoms with van der Waals surface area (Å²) in [5, 5.41) is 4.07. The van der Waals surface area contributed by atoms with E-state index in [0.29, 0.717) is 6.61 Å². The summed E-state index contributed by atoms with van der Waals surface area (Å²) in [6, 6.07) is 13.9.